The van der Waals surface area contributed by atoms with E-state index in [0.29, 0.717) is 16.5 Å². The van der Waals surface area contributed by atoms with Crippen molar-refractivity contribution in [3.8, 4) is 17.2 Å². The van der Waals surface area contributed by atoms with Gasteiger partial charge in [0.05, 0.1) is 19.2 Å². The van der Waals surface area contributed by atoms with Gasteiger partial charge in [-0.25, -0.2) is 0 Å². The minimum Gasteiger partial charge on any atom is -0.505 e. The van der Waals surface area contributed by atoms with Gasteiger partial charge in [0, 0.05) is 9.92 Å². The molecule has 2 rings (SSSR count). The van der Waals surface area contributed by atoms with Gasteiger partial charge in [0.25, 0.3) is 0 Å². The molecule has 140 valence electrons. The van der Waals surface area contributed by atoms with Crippen LogP contribution in [0.1, 0.15) is 19.4 Å². The zero-order valence-electron chi connectivity index (χ0n) is 14.8. The van der Waals surface area contributed by atoms with Gasteiger partial charge < -0.3 is 20.3 Å². The van der Waals surface area contributed by atoms with Crippen LogP contribution in [-0.2, 0) is 6.42 Å². The van der Waals surface area contributed by atoms with Gasteiger partial charge in [0.2, 0.25) is 0 Å². The molecular formula is C18H25Cl2NO3S. The lowest BCUT2D eigenvalue weighted by molar-refractivity contribution is 0.354. The molecular weight excluding hydrogens is 381 g/mol. The second-order valence-corrected chi connectivity index (χ2v) is 5.81. The monoisotopic (exact) mass is 405 g/mol. The van der Waals surface area contributed by atoms with Crippen molar-refractivity contribution in [3.63, 3.8) is 0 Å². The second kappa shape index (κ2) is 13.0. The number of nitrogens with two attached hydrogens (primary N) is 1. The molecule has 4 nitrogen and oxygen atoms in total. The van der Waals surface area contributed by atoms with Crippen LogP contribution < -0.4 is 15.2 Å². The van der Waals surface area contributed by atoms with E-state index >= 15 is 0 Å². The normalized spacial score (nSPS) is 9.28. The smallest absolute Gasteiger partial charge is 0.160 e. The number of phenolic OH excluding ortho intramolecular Hbond substituents is 1. The van der Waals surface area contributed by atoms with Gasteiger partial charge in [0.15, 0.2) is 11.5 Å². The average molecular weight is 406 g/mol. The van der Waals surface area contributed by atoms with Crippen molar-refractivity contribution in [1.82, 2.24) is 0 Å². The highest BCUT2D eigenvalue weighted by molar-refractivity contribution is 7.80. The standard InChI is InChI=1S/C10H15NO2.C6H4Cl2OS.C2H6/c1-12-9-4-3-8(5-6-11)7-10(9)13-2;7-3-1-4(8)6(9)5(10)2-3;1-2/h3-4,7H,5-6,11H2,1-2H3;1-2,9-10H;1-2H3. The Hall–Kier alpha value is -1.27. The van der Waals surface area contributed by atoms with Crippen LogP contribution in [-0.4, -0.2) is 25.9 Å². The highest BCUT2D eigenvalue weighted by atomic mass is 35.5. The lowest BCUT2D eigenvalue weighted by Gasteiger charge is -2.08. The number of hydrogen-bond donors (Lipinski definition) is 3. The van der Waals surface area contributed by atoms with E-state index in [1.54, 1.807) is 14.2 Å². The van der Waals surface area contributed by atoms with Gasteiger partial charge in [-0.15, -0.1) is 12.6 Å². The molecule has 0 unspecified atom stereocenters. The molecule has 0 aliphatic heterocycles. The molecule has 0 bridgehead atoms. The Bertz CT molecular complexity index is 631. The highest BCUT2D eigenvalue weighted by Crippen LogP contribution is 2.33. The first-order valence-electron chi connectivity index (χ1n) is 7.70. The molecule has 0 saturated carbocycles. The molecule has 0 amide bonds. The van der Waals surface area contributed by atoms with Gasteiger partial charge in [-0.2, -0.15) is 0 Å². The Labute approximate surface area is 165 Å². The summed E-state index contributed by atoms with van der Waals surface area (Å²) < 4.78 is 10.3. The fourth-order valence-corrected chi connectivity index (χ4v) is 2.65. The summed E-state index contributed by atoms with van der Waals surface area (Å²) in [5.41, 5.74) is 6.62. The first-order chi connectivity index (χ1) is 11.9. The van der Waals surface area contributed by atoms with Crippen molar-refractivity contribution >= 4 is 35.8 Å². The van der Waals surface area contributed by atoms with Crippen LogP contribution in [0.2, 0.25) is 10.0 Å². The molecule has 2 aromatic carbocycles. The van der Waals surface area contributed by atoms with Crippen LogP contribution >= 0.6 is 35.8 Å². The molecule has 0 aliphatic rings. The number of ether oxygens (including phenoxy) is 2. The van der Waals surface area contributed by atoms with Crippen LogP contribution in [0.4, 0.5) is 0 Å². The van der Waals surface area contributed by atoms with E-state index in [1.807, 2.05) is 32.0 Å². The number of thiol groups is 1. The van der Waals surface area contributed by atoms with Gasteiger partial charge in [0.1, 0.15) is 5.75 Å². The number of halogens is 2. The van der Waals surface area contributed by atoms with Crippen LogP contribution in [0.15, 0.2) is 35.2 Å². The molecule has 25 heavy (non-hydrogen) atoms. The van der Waals surface area contributed by atoms with Crippen LogP contribution in [0.25, 0.3) is 0 Å². The molecule has 0 aliphatic carbocycles. The van der Waals surface area contributed by atoms with E-state index in [4.69, 9.17) is 43.5 Å². The van der Waals surface area contributed by atoms with Crippen LogP contribution in [0.5, 0.6) is 17.2 Å². The van der Waals surface area contributed by atoms with Crippen LogP contribution in [0.3, 0.4) is 0 Å². The van der Waals surface area contributed by atoms with Crippen molar-refractivity contribution in [1.29, 1.82) is 0 Å². The quantitative estimate of drug-likeness (QED) is 0.610. The minimum atomic E-state index is -0.0330. The molecule has 0 radical (unpaired) electrons. The Kier molecular flexibility index (Phi) is 12.3. The van der Waals surface area contributed by atoms with E-state index in [-0.39, 0.29) is 10.8 Å². The largest absolute Gasteiger partial charge is 0.505 e. The minimum absolute atomic E-state index is 0.0330. The number of methoxy groups -OCH3 is 2. The maximum Gasteiger partial charge on any atom is 0.160 e. The molecule has 3 N–H and O–H groups in total. The number of phenols is 1. The zero-order valence-corrected chi connectivity index (χ0v) is 17.3. The van der Waals surface area contributed by atoms with E-state index in [1.165, 1.54) is 17.7 Å². The summed E-state index contributed by atoms with van der Waals surface area (Å²) in [6.07, 6.45) is 0.861. The second-order valence-electron chi connectivity index (χ2n) is 4.48. The van der Waals surface area contributed by atoms with E-state index in [2.05, 4.69) is 12.6 Å². The van der Waals surface area contributed by atoms with Crippen molar-refractivity contribution in [2.45, 2.75) is 25.2 Å². The Morgan fingerprint density at radius 3 is 2.12 bits per heavy atom. The molecule has 0 heterocycles. The molecule has 0 saturated heterocycles. The maximum absolute atomic E-state index is 9.06. The summed E-state index contributed by atoms with van der Waals surface area (Å²) in [6, 6.07) is 8.81. The summed E-state index contributed by atoms with van der Waals surface area (Å²) in [5.74, 6) is 1.48. The van der Waals surface area contributed by atoms with Gasteiger partial charge in [-0.1, -0.05) is 43.1 Å². The van der Waals surface area contributed by atoms with Gasteiger partial charge in [-0.3, -0.25) is 0 Å². The fourth-order valence-electron chi connectivity index (χ4n) is 1.76. The molecule has 7 heteroatoms. The average Bonchev–Trinajstić information content (AvgIpc) is 2.62. The predicted octanol–water partition coefficient (Wildman–Crippen LogP) is 5.22. The molecule has 2 aromatic rings. The summed E-state index contributed by atoms with van der Waals surface area (Å²) in [6.45, 7) is 4.65. The number of hydrogen-bond acceptors (Lipinski definition) is 5. The first-order valence-corrected chi connectivity index (χ1v) is 8.91. The third kappa shape index (κ3) is 8.10. The van der Waals surface area contributed by atoms with Gasteiger partial charge >= 0.3 is 0 Å². The third-order valence-corrected chi connectivity index (χ3v) is 3.74. The Morgan fingerprint density at radius 1 is 1.04 bits per heavy atom. The number of benzene rings is 2. The van der Waals surface area contributed by atoms with E-state index in [0.717, 1.165) is 17.9 Å². The van der Waals surface area contributed by atoms with Crippen molar-refractivity contribution in [3.05, 3.63) is 45.9 Å². The topological polar surface area (TPSA) is 64.7 Å². The third-order valence-electron chi connectivity index (χ3n) is 2.89. The maximum atomic E-state index is 9.06. The Balaban J connectivity index is 0.000000430. The first kappa shape index (κ1) is 23.7. The molecule has 0 atom stereocenters. The van der Waals surface area contributed by atoms with Crippen LogP contribution in [0, 0.1) is 0 Å². The van der Waals surface area contributed by atoms with E-state index < -0.39 is 0 Å². The van der Waals surface area contributed by atoms with Crippen molar-refractivity contribution in [2.24, 2.45) is 5.73 Å². The number of aromatic hydroxyl groups is 1. The molecule has 0 fully saturated rings. The molecule has 0 aromatic heterocycles. The molecule has 0 spiro atoms. The van der Waals surface area contributed by atoms with Gasteiger partial charge in [-0.05, 0) is 42.8 Å². The summed E-state index contributed by atoms with van der Waals surface area (Å²) in [7, 11) is 3.25. The van der Waals surface area contributed by atoms with Crippen molar-refractivity contribution < 1.29 is 14.6 Å². The van der Waals surface area contributed by atoms with E-state index in [9.17, 15) is 0 Å². The summed E-state index contributed by atoms with van der Waals surface area (Å²) in [4.78, 5) is 0.387. The summed E-state index contributed by atoms with van der Waals surface area (Å²) in [5, 5.41) is 9.75. The lowest BCUT2D eigenvalue weighted by Crippen LogP contribution is -2.03. The van der Waals surface area contributed by atoms with Crippen molar-refractivity contribution in [2.75, 3.05) is 20.8 Å². The lowest BCUT2D eigenvalue weighted by atomic mass is 10.1. The Morgan fingerprint density at radius 2 is 1.64 bits per heavy atom. The predicted molar refractivity (Wildman–Crippen MR) is 109 cm³/mol. The fraction of sp³-hybridized carbons (Fsp3) is 0.333. The highest BCUT2D eigenvalue weighted by Gasteiger charge is 2.03. The summed E-state index contributed by atoms with van der Waals surface area (Å²) >= 11 is 15.0. The zero-order chi connectivity index (χ0) is 19.4. The SMILES string of the molecule is CC.COc1ccc(CCN)cc1OC.Oc1c(S)cc(Cl)cc1Cl. The number of rotatable bonds is 4.